The Morgan fingerprint density at radius 1 is 1.09 bits per heavy atom. The number of nitrogens with one attached hydrogen (secondary N) is 1. The van der Waals surface area contributed by atoms with Crippen molar-refractivity contribution < 1.29 is 5.11 Å². The first-order chi connectivity index (χ1) is 15.7. The largest absolute Gasteiger partial charge is 0.375 e. The number of hydrogen-bond acceptors (Lipinski definition) is 4. The highest BCUT2D eigenvalue weighted by Crippen LogP contribution is 2.40. The van der Waals surface area contributed by atoms with Crippen molar-refractivity contribution in [2.45, 2.75) is 52.6 Å². The number of hydrogen-bond donors (Lipinski definition) is 2. The van der Waals surface area contributed by atoms with E-state index in [0.29, 0.717) is 12.5 Å². The molecule has 33 heavy (non-hydrogen) atoms. The molecule has 168 valence electrons. The van der Waals surface area contributed by atoms with Crippen LogP contribution in [0, 0.1) is 20.8 Å². The number of benzene rings is 1. The standard InChI is InChI=1S/C27H31BN4O/c1-15(2)19-7-6-16(3)23(13-19)32-11-9-21-25(27(32,28)33)17(4)12-22(31-21)24-18(5)14-30-26-20(24)8-10-29-26/h6-8,10,12-15,33H,9,11,28H2,1-5H3,(H,29,30). The highest BCUT2D eigenvalue weighted by atomic mass is 16.3. The Balaban J connectivity index is 1.63. The van der Waals surface area contributed by atoms with Crippen molar-refractivity contribution in [2.24, 2.45) is 0 Å². The zero-order chi connectivity index (χ0) is 23.5. The molecule has 0 bridgehead atoms. The normalized spacial score (nSPS) is 18.2. The maximum absolute atomic E-state index is 11.9. The molecule has 1 aliphatic heterocycles. The Labute approximate surface area is 196 Å². The van der Waals surface area contributed by atoms with Gasteiger partial charge in [0.15, 0.2) is 7.85 Å². The second-order valence-electron chi connectivity index (χ2n) is 9.83. The number of anilines is 1. The van der Waals surface area contributed by atoms with Gasteiger partial charge in [-0.1, -0.05) is 26.0 Å². The monoisotopic (exact) mass is 438 g/mol. The Kier molecular flexibility index (Phi) is 5.09. The van der Waals surface area contributed by atoms with Crippen LogP contribution < -0.4 is 4.90 Å². The molecule has 0 fully saturated rings. The topological polar surface area (TPSA) is 65.0 Å². The van der Waals surface area contributed by atoms with Gasteiger partial charge in [0, 0.05) is 47.6 Å². The number of aromatic amines is 1. The number of fused-ring (bicyclic) bond motifs is 2. The van der Waals surface area contributed by atoms with Crippen LogP contribution in [-0.4, -0.2) is 34.4 Å². The van der Waals surface area contributed by atoms with Gasteiger partial charge in [0.25, 0.3) is 0 Å². The van der Waals surface area contributed by atoms with Gasteiger partial charge in [-0.15, -0.1) is 0 Å². The first kappa shape index (κ1) is 21.7. The van der Waals surface area contributed by atoms with Crippen molar-refractivity contribution in [1.82, 2.24) is 15.0 Å². The van der Waals surface area contributed by atoms with Crippen molar-refractivity contribution >= 4 is 24.6 Å². The van der Waals surface area contributed by atoms with Crippen LogP contribution in [0.3, 0.4) is 0 Å². The molecule has 0 saturated heterocycles. The summed E-state index contributed by atoms with van der Waals surface area (Å²) in [6.07, 6.45) is 4.60. The van der Waals surface area contributed by atoms with E-state index in [9.17, 15) is 5.11 Å². The minimum atomic E-state index is -1.14. The average Bonchev–Trinajstić information content (AvgIpc) is 3.22. The van der Waals surface area contributed by atoms with Gasteiger partial charge in [0.1, 0.15) is 11.3 Å². The number of nitrogens with zero attached hydrogens (tertiary/aromatic N) is 3. The van der Waals surface area contributed by atoms with Crippen LogP contribution in [0.1, 0.15) is 53.3 Å². The zero-order valence-corrected chi connectivity index (χ0v) is 20.3. The predicted octanol–water partition coefficient (Wildman–Crippen LogP) is 4.47. The van der Waals surface area contributed by atoms with E-state index in [4.69, 9.17) is 4.98 Å². The van der Waals surface area contributed by atoms with E-state index in [2.05, 4.69) is 79.8 Å². The first-order valence-corrected chi connectivity index (χ1v) is 11.7. The highest BCUT2D eigenvalue weighted by molar-refractivity contribution is 6.16. The van der Waals surface area contributed by atoms with Crippen molar-refractivity contribution in [3.05, 3.63) is 76.2 Å². The minimum absolute atomic E-state index is 0.436. The van der Waals surface area contributed by atoms with Crippen LogP contribution in [0.15, 0.2) is 42.7 Å². The quantitative estimate of drug-likeness (QED) is 0.464. The van der Waals surface area contributed by atoms with E-state index in [1.165, 1.54) is 11.1 Å². The van der Waals surface area contributed by atoms with Crippen LogP contribution >= 0.6 is 0 Å². The summed E-state index contributed by atoms with van der Waals surface area (Å²) in [6, 6.07) is 10.8. The molecule has 0 radical (unpaired) electrons. The van der Waals surface area contributed by atoms with Gasteiger partial charge in [0.2, 0.25) is 0 Å². The van der Waals surface area contributed by atoms with Gasteiger partial charge in [-0.2, -0.15) is 0 Å². The second-order valence-corrected chi connectivity index (χ2v) is 9.83. The molecule has 1 aromatic carbocycles. The molecule has 1 aliphatic rings. The molecule has 3 aromatic heterocycles. The Hall–Kier alpha value is -3.12. The lowest BCUT2D eigenvalue weighted by molar-refractivity contribution is 0.114. The number of aromatic nitrogens is 3. The summed E-state index contributed by atoms with van der Waals surface area (Å²) in [5.41, 5.74) is 9.38. The fourth-order valence-corrected chi connectivity index (χ4v) is 5.34. The summed E-state index contributed by atoms with van der Waals surface area (Å²) < 4.78 is 0. The Bertz CT molecular complexity index is 1370. The van der Waals surface area contributed by atoms with E-state index >= 15 is 0 Å². The summed E-state index contributed by atoms with van der Waals surface area (Å²) in [6.45, 7) is 11.4. The number of pyridine rings is 2. The SMILES string of the molecule is BC1(O)c2c(C)cc(-c3c(C)cnc4[nH]ccc34)nc2CCN1c1cc(C(C)C)ccc1C. The molecule has 0 spiro atoms. The Morgan fingerprint density at radius 3 is 2.64 bits per heavy atom. The maximum atomic E-state index is 11.9. The van der Waals surface area contributed by atoms with Crippen LogP contribution in [0.4, 0.5) is 5.69 Å². The van der Waals surface area contributed by atoms with Gasteiger partial charge in [0.05, 0.1) is 11.4 Å². The third kappa shape index (κ3) is 3.44. The second kappa shape index (κ2) is 7.74. The predicted molar refractivity (Wildman–Crippen MR) is 138 cm³/mol. The zero-order valence-electron chi connectivity index (χ0n) is 20.3. The molecular formula is C27H31BN4O. The van der Waals surface area contributed by atoms with Gasteiger partial charge in [-0.25, -0.2) is 4.98 Å². The number of H-pyrrole nitrogens is 1. The third-order valence-corrected chi connectivity index (χ3v) is 7.09. The molecule has 0 amide bonds. The summed E-state index contributed by atoms with van der Waals surface area (Å²) in [5.74, 6) is 0.436. The average molecular weight is 438 g/mol. The molecule has 6 heteroatoms. The van der Waals surface area contributed by atoms with Gasteiger partial charge >= 0.3 is 0 Å². The van der Waals surface area contributed by atoms with E-state index in [1.54, 1.807) is 0 Å². The fourth-order valence-electron chi connectivity index (χ4n) is 5.34. The summed E-state index contributed by atoms with van der Waals surface area (Å²) in [7, 11) is 1.91. The molecule has 0 aliphatic carbocycles. The lowest BCUT2D eigenvalue weighted by Crippen LogP contribution is -2.52. The van der Waals surface area contributed by atoms with E-state index in [1.807, 2.05) is 20.2 Å². The van der Waals surface area contributed by atoms with Crippen molar-refractivity contribution in [3.63, 3.8) is 0 Å². The number of aryl methyl sites for hydroxylation is 3. The maximum Gasteiger partial charge on any atom is 0.176 e. The minimum Gasteiger partial charge on any atom is -0.375 e. The van der Waals surface area contributed by atoms with Crippen LogP contribution in [0.2, 0.25) is 0 Å². The number of rotatable bonds is 3. The molecule has 5 rings (SSSR count). The molecule has 1 atom stereocenters. The molecule has 2 N–H and O–H groups in total. The lowest BCUT2D eigenvalue weighted by atomic mass is 9.75. The van der Waals surface area contributed by atoms with Crippen LogP contribution in [0.25, 0.3) is 22.3 Å². The molecular weight excluding hydrogens is 407 g/mol. The first-order valence-electron chi connectivity index (χ1n) is 11.7. The summed E-state index contributed by atoms with van der Waals surface area (Å²) in [5, 5.41) is 13.0. The van der Waals surface area contributed by atoms with Gasteiger partial charge < -0.3 is 15.0 Å². The van der Waals surface area contributed by atoms with E-state index in [-0.39, 0.29) is 0 Å². The van der Waals surface area contributed by atoms with E-state index < -0.39 is 5.62 Å². The summed E-state index contributed by atoms with van der Waals surface area (Å²) >= 11 is 0. The number of aliphatic hydroxyl groups is 1. The van der Waals surface area contributed by atoms with Crippen molar-refractivity contribution in [3.8, 4) is 11.3 Å². The lowest BCUT2D eigenvalue weighted by Gasteiger charge is -2.45. The van der Waals surface area contributed by atoms with Crippen molar-refractivity contribution in [2.75, 3.05) is 11.4 Å². The van der Waals surface area contributed by atoms with Gasteiger partial charge in [-0.3, -0.25) is 4.98 Å². The van der Waals surface area contributed by atoms with E-state index in [0.717, 1.165) is 56.8 Å². The molecule has 0 saturated carbocycles. The molecule has 1 unspecified atom stereocenters. The smallest absolute Gasteiger partial charge is 0.176 e. The van der Waals surface area contributed by atoms with Crippen molar-refractivity contribution in [1.29, 1.82) is 0 Å². The third-order valence-electron chi connectivity index (χ3n) is 7.09. The molecule has 4 aromatic rings. The van der Waals surface area contributed by atoms with Crippen LogP contribution in [0.5, 0.6) is 0 Å². The Morgan fingerprint density at radius 2 is 1.88 bits per heavy atom. The molecule has 5 nitrogen and oxygen atoms in total. The summed E-state index contributed by atoms with van der Waals surface area (Å²) in [4.78, 5) is 14.9. The van der Waals surface area contributed by atoms with Gasteiger partial charge in [-0.05, 0) is 67.1 Å². The van der Waals surface area contributed by atoms with Crippen LogP contribution in [-0.2, 0) is 12.0 Å². The fraction of sp³-hybridized carbons (Fsp3) is 0.333. The molecule has 4 heterocycles. The highest BCUT2D eigenvalue weighted by Gasteiger charge is 2.39.